The molecule has 1 amide bonds. The van der Waals surface area contributed by atoms with Crippen molar-refractivity contribution in [3.63, 3.8) is 0 Å². The lowest BCUT2D eigenvalue weighted by molar-refractivity contribution is -0.173. The zero-order chi connectivity index (χ0) is 29.1. The predicted molar refractivity (Wildman–Crippen MR) is 173 cm³/mol. The van der Waals surface area contributed by atoms with Crippen LogP contribution in [0.25, 0.3) is 10.9 Å². The number of para-hydroxylation sites is 2. The number of rotatable bonds is 6. The average Bonchev–Trinajstić information content (AvgIpc) is 3.69. The molecule has 1 aromatic heterocycles. The zero-order valence-corrected chi connectivity index (χ0v) is 26.0. The number of likely N-dealkylation sites (tertiary alicyclic amines) is 1. The highest BCUT2D eigenvalue weighted by molar-refractivity contribution is 14.1. The van der Waals surface area contributed by atoms with Gasteiger partial charge in [0.05, 0.1) is 27.7 Å². The van der Waals surface area contributed by atoms with Crippen molar-refractivity contribution in [2.45, 2.75) is 61.8 Å². The number of phenolic OH excluding ortho intramolecular Hbond substituents is 1. The van der Waals surface area contributed by atoms with Gasteiger partial charge in [0, 0.05) is 41.2 Å². The van der Waals surface area contributed by atoms with Crippen LogP contribution in [0.5, 0.6) is 11.5 Å². The molecule has 2 bridgehead atoms. The summed E-state index contributed by atoms with van der Waals surface area (Å²) in [6.07, 6.45) is 4.22. The number of amides is 1. The van der Waals surface area contributed by atoms with Crippen LogP contribution >= 0.6 is 22.6 Å². The second kappa shape index (κ2) is 9.22. The minimum absolute atomic E-state index is 0.00424. The highest BCUT2D eigenvalue weighted by Crippen LogP contribution is 2.69. The first-order valence-electron chi connectivity index (χ1n) is 15.4. The molecular formula is C35H34IN3O4. The second-order valence-corrected chi connectivity index (χ2v) is 14.0. The Balaban J connectivity index is 1.27. The number of phenols is 1. The van der Waals surface area contributed by atoms with E-state index in [1.807, 2.05) is 18.2 Å². The lowest BCUT2D eigenvalue weighted by Crippen LogP contribution is -2.74. The third-order valence-electron chi connectivity index (χ3n) is 11.1. The van der Waals surface area contributed by atoms with E-state index in [1.54, 1.807) is 6.07 Å². The maximum Gasteiger partial charge on any atom is 0.234 e. The molecule has 2 aliphatic heterocycles. The molecule has 8 heteroatoms. The first-order valence-corrected chi connectivity index (χ1v) is 17.0. The first-order chi connectivity index (χ1) is 20.9. The van der Waals surface area contributed by atoms with E-state index in [0.29, 0.717) is 23.1 Å². The largest absolute Gasteiger partial charge is 0.504 e. The third kappa shape index (κ3) is 3.51. The Morgan fingerprint density at radius 3 is 2.74 bits per heavy atom. The summed E-state index contributed by atoms with van der Waals surface area (Å²) in [5, 5.41) is 28.6. The minimum atomic E-state index is -1.02. The van der Waals surface area contributed by atoms with E-state index < -0.39 is 17.1 Å². The van der Waals surface area contributed by atoms with E-state index in [0.717, 1.165) is 70.8 Å². The normalized spacial score (nSPS) is 28.3. The highest BCUT2D eigenvalue weighted by atomic mass is 127. The fourth-order valence-electron chi connectivity index (χ4n) is 9.11. The summed E-state index contributed by atoms with van der Waals surface area (Å²) in [5.41, 5.74) is 5.70. The highest BCUT2D eigenvalue weighted by Gasteiger charge is 2.73. The Labute approximate surface area is 264 Å². The number of aliphatic hydroxyl groups is 1. The standard InChI is InChI=1S/C35H34IN3O4/c36-17-29(41)37-25-7-3-1-5-22(25)19-39-26-8-4-2-6-23(26)24-16-35(42)28-15-21-11-12-27(40)32-30(21)34(35,33(43-32)31(24)39)13-14-38(28)18-20-9-10-20/h1-8,11-12,20,28,33,40,42H,9-10,13-19H2,(H,37,41)/t28-,33+,34+,35-/m1/s1. The molecule has 5 aliphatic rings. The van der Waals surface area contributed by atoms with Crippen molar-refractivity contribution in [2.24, 2.45) is 5.92 Å². The number of nitrogens with one attached hydrogen (secondary N) is 1. The summed E-state index contributed by atoms with van der Waals surface area (Å²) in [5.74, 6) is 1.41. The quantitative estimate of drug-likeness (QED) is 0.185. The van der Waals surface area contributed by atoms with Crippen molar-refractivity contribution in [1.82, 2.24) is 9.47 Å². The van der Waals surface area contributed by atoms with Gasteiger partial charge in [0.1, 0.15) is 0 Å². The van der Waals surface area contributed by atoms with Crippen LogP contribution in [-0.2, 0) is 29.6 Å². The van der Waals surface area contributed by atoms with E-state index in [2.05, 4.69) is 73.8 Å². The number of aromatic nitrogens is 1. The van der Waals surface area contributed by atoms with Crippen molar-refractivity contribution >= 4 is 45.1 Å². The minimum Gasteiger partial charge on any atom is -0.504 e. The Bertz CT molecular complexity index is 1830. The smallest absolute Gasteiger partial charge is 0.234 e. The summed E-state index contributed by atoms with van der Waals surface area (Å²) in [6.45, 7) is 2.51. The maximum atomic E-state index is 13.2. The Kier molecular flexibility index (Phi) is 5.64. The number of alkyl halides is 1. The van der Waals surface area contributed by atoms with E-state index >= 15 is 0 Å². The molecule has 220 valence electrons. The molecule has 0 unspecified atom stereocenters. The molecule has 9 rings (SSSR count). The average molecular weight is 688 g/mol. The van der Waals surface area contributed by atoms with E-state index in [1.165, 1.54) is 18.4 Å². The van der Waals surface area contributed by atoms with E-state index in [-0.39, 0.29) is 17.7 Å². The van der Waals surface area contributed by atoms with Gasteiger partial charge in [0.25, 0.3) is 0 Å². The van der Waals surface area contributed by atoms with Gasteiger partial charge in [-0.05, 0) is 73.0 Å². The van der Waals surface area contributed by atoms with Gasteiger partial charge in [-0.3, -0.25) is 9.69 Å². The number of aromatic hydroxyl groups is 1. The van der Waals surface area contributed by atoms with Gasteiger partial charge in [-0.15, -0.1) is 0 Å². The van der Waals surface area contributed by atoms with Gasteiger partial charge >= 0.3 is 0 Å². The molecule has 0 radical (unpaired) electrons. The molecule has 7 nitrogen and oxygen atoms in total. The number of nitrogens with zero attached hydrogens (tertiary/aromatic N) is 2. The van der Waals surface area contributed by atoms with Crippen molar-refractivity contribution in [3.8, 4) is 11.5 Å². The summed E-state index contributed by atoms with van der Waals surface area (Å²) in [4.78, 5) is 15.0. The number of benzene rings is 3. The molecular weight excluding hydrogens is 653 g/mol. The molecule has 1 saturated carbocycles. The summed E-state index contributed by atoms with van der Waals surface area (Å²) in [6, 6.07) is 20.3. The number of fused-ring (bicyclic) bond motifs is 4. The lowest BCUT2D eigenvalue weighted by atomic mass is 9.49. The maximum absolute atomic E-state index is 13.2. The molecule has 1 spiro atoms. The van der Waals surface area contributed by atoms with Crippen molar-refractivity contribution in [3.05, 3.63) is 88.6 Å². The molecule has 4 atom stereocenters. The van der Waals surface area contributed by atoms with Crippen LogP contribution in [0.1, 0.15) is 53.3 Å². The van der Waals surface area contributed by atoms with Gasteiger partial charge in [0.15, 0.2) is 17.6 Å². The Morgan fingerprint density at radius 2 is 1.91 bits per heavy atom. The molecule has 2 fully saturated rings. The lowest BCUT2D eigenvalue weighted by Gasteiger charge is -2.63. The van der Waals surface area contributed by atoms with Crippen molar-refractivity contribution in [2.75, 3.05) is 22.8 Å². The SMILES string of the molecule is O=C(CI)Nc1ccccc1Cn1c2c(c3ccccc31)C[C@@]1(O)[C@H]3Cc4ccc(O)c5c4[C@@]1(CCN3CC1CC1)[C@H]2O5. The monoisotopic (exact) mass is 687 g/mol. The number of hydrogen-bond donors (Lipinski definition) is 3. The Hall–Kier alpha value is -3.08. The van der Waals surface area contributed by atoms with Crippen LogP contribution in [0.4, 0.5) is 5.69 Å². The molecule has 3 aromatic carbocycles. The summed E-state index contributed by atoms with van der Waals surface area (Å²) < 4.78 is 9.66. The molecule has 3 heterocycles. The fourth-order valence-corrected chi connectivity index (χ4v) is 9.30. The molecule has 3 aliphatic carbocycles. The zero-order valence-electron chi connectivity index (χ0n) is 23.9. The first kappa shape index (κ1) is 26.3. The molecule has 43 heavy (non-hydrogen) atoms. The Morgan fingerprint density at radius 1 is 1.09 bits per heavy atom. The summed E-state index contributed by atoms with van der Waals surface area (Å²) >= 11 is 2.09. The van der Waals surface area contributed by atoms with Gasteiger partial charge < -0.3 is 24.8 Å². The van der Waals surface area contributed by atoms with Crippen LogP contribution in [0.3, 0.4) is 0 Å². The van der Waals surface area contributed by atoms with Crippen LogP contribution in [0.2, 0.25) is 0 Å². The van der Waals surface area contributed by atoms with Crippen LogP contribution in [-0.4, -0.2) is 54.7 Å². The number of hydrogen-bond acceptors (Lipinski definition) is 5. The third-order valence-corrected chi connectivity index (χ3v) is 11.8. The second-order valence-electron chi connectivity index (χ2n) is 13.2. The van der Waals surface area contributed by atoms with Crippen LogP contribution in [0.15, 0.2) is 60.7 Å². The number of carbonyl (C=O) groups is 1. The number of halogens is 1. The van der Waals surface area contributed by atoms with Gasteiger partial charge in [-0.2, -0.15) is 0 Å². The van der Waals surface area contributed by atoms with E-state index in [9.17, 15) is 15.0 Å². The predicted octanol–water partition coefficient (Wildman–Crippen LogP) is 5.47. The molecule has 3 N–H and O–H groups in total. The van der Waals surface area contributed by atoms with Gasteiger partial charge in [-0.1, -0.05) is 65.1 Å². The topological polar surface area (TPSA) is 87.0 Å². The van der Waals surface area contributed by atoms with Crippen LogP contribution in [0, 0.1) is 5.92 Å². The summed E-state index contributed by atoms with van der Waals surface area (Å²) in [7, 11) is 0. The van der Waals surface area contributed by atoms with Gasteiger partial charge in [0.2, 0.25) is 5.91 Å². The number of ether oxygens (including phenoxy) is 1. The van der Waals surface area contributed by atoms with Gasteiger partial charge in [-0.25, -0.2) is 0 Å². The number of anilines is 1. The van der Waals surface area contributed by atoms with E-state index in [4.69, 9.17) is 4.74 Å². The van der Waals surface area contributed by atoms with Crippen molar-refractivity contribution in [1.29, 1.82) is 0 Å². The van der Waals surface area contributed by atoms with Crippen LogP contribution < -0.4 is 10.1 Å². The fraction of sp³-hybridized carbons (Fsp3) is 0.400. The number of piperidine rings is 1. The number of carbonyl (C=O) groups excluding carboxylic acids is 1. The van der Waals surface area contributed by atoms with Crippen molar-refractivity contribution < 1.29 is 19.7 Å². The molecule has 4 aromatic rings. The molecule has 1 saturated heterocycles.